The predicted octanol–water partition coefficient (Wildman–Crippen LogP) is 19.2. The van der Waals surface area contributed by atoms with E-state index in [1.807, 2.05) is 21.1 Å². The molecule has 0 saturated heterocycles. The van der Waals surface area contributed by atoms with Gasteiger partial charge in [-0.05, 0) is 109 Å². The van der Waals surface area contributed by atoms with Crippen molar-refractivity contribution in [3.8, 4) is 0 Å². The van der Waals surface area contributed by atoms with E-state index in [0.29, 0.717) is 17.4 Å². The lowest BCUT2D eigenvalue weighted by Gasteiger charge is -2.26. The Balaban J connectivity index is 4.17. The molecule has 0 bridgehead atoms. The first-order valence-corrected chi connectivity index (χ1v) is 33.3. The van der Waals surface area contributed by atoms with Crippen molar-refractivity contribution < 1.29 is 42.9 Å². The Morgan fingerprint density at radius 2 is 0.651 bits per heavy atom. The van der Waals surface area contributed by atoms with Crippen molar-refractivity contribution in [2.24, 2.45) is 0 Å². The number of ether oxygens (including phenoxy) is 4. The molecule has 9 heteroatoms. The maximum atomic E-state index is 12.9. The molecule has 0 rings (SSSR count). The molecule has 0 heterocycles. The minimum absolute atomic E-state index is 0.139. The predicted molar refractivity (Wildman–Crippen MR) is 352 cm³/mol. The molecule has 0 aromatic heterocycles. The van der Waals surface area contributed by atoms with Crippen LogP contribution in [0, 0.1) is 0 Å². The van der Waals surface area contributed by atoms with E-state index < -0.39 is 24.3 Å². The van der Waals surface area contributed by atoms with Crippen LogP contribution in [0.5, 0.6) is 0 Å². The number of carboxylic acids is 1. The Hall–Kier alpha value is -4.57. The number of quaternary nitrogens is 1. The molecular weight excluding hydrogens is 1030 g/mol. The second-order valence-electron chi connectivity index (χ2n) is 23.0. The standard InChI is InChI=1S/C74H123NO8/c1-6-8-10-12-14-16-18-20-22-24-26-28-30-32-33-34-35-36-37-38-39-41-42-44-46-48-50-52-54-56-58-60-62-64-71(76)81-68-70(69-82-74(73(78)79)80-67-66-75(3,4)5)83-72(77)65-63-61-59-57-55-53-51-49-47-45-43-40-31-29-27-25-23-21-19-17-15-13-11-9-7-2/h8-11,14-17,20-23,26-29,32-33,40,43,47,49,70,74H,6-7,12-13,18-19,24-25,30-31,34-39,41-42,44-46,48,50-69H2,1-5H3/b10-8-,11-9-,16-14-,17-15-,22-20-,23-21-,28-26-,29-27-,33-32-,43-40-,49-47-. The summed E-state index contributed by atoms with van der Waals surface area (Å²) in [5.41, 5.74) is 0. The summed E-state index contributed by atoms with van der Waals surface area (Å²) >= 11 is 0. The molecule has 0 aromatic carbocycles. The van der Waals surface area contributed by atoms with E-state index in [2.05, 4.69) is 148 Å². The molecule has 0 aliphatic carbocycles. The highest BCUT2D eigenvalue weighted by Crippen LogP contribution is 2.16. The molecule has 0 radical (unpaired) electrons. The first kappa shape index (κ1) is 78.4. The van der Waals surface area contributed by atoms with Gasteiger partial charge in [0.2, 0.25) is 0 Å². The summed E-state index contributed by atoms with van der Waals surface area (Å²) in [5, 5.41) is 11.8. The highest BCUT2D eigenvalue weighted by atomic mass is 16.7. The second-order valence-corrected chi connectivity index (χ2v) is 23.0. The SMILES string of the molecule is CC/C=C\C/C=C\C/C=C\C/C=C\C/C=C\C/C=C\CCCCCCCCC(=O)OC(COC(=O)CCCCCCCCCCCCCCCCCCC/C=C\C/C=C\C/C=C\C/C=C\C/C=C\CC)COC(OCC[N+](C)(C)C)C(=O)[O-]. The maximum Gasteiger partial charge on any atom is 0.306 e. The lowest BCUT2D eigenvalue weighted by atomic mass is 10.0. The van der Waals surface area contributed by atoms with Gasteiger partial charge in [-0.15, -0.1) is 0 Å². The van der Waals surface area contributed by atoms with Gasteiger partial charge >= 0.3 is 11.9 Å². The fraction of sp³-hybridized carbons (Fsp3) is 0.662. The molecule has 0 aliphatic rings. The van der Waals surface area contributed by atoms with Crippen molar-refractivity contribution in [2.75, 3.05) is 47.5 Å². The molecule has 0 aliphatic heterocycles. The number of hydrogen-bond acceptors (Lipinski definition) is 8. The Morgan fingerprint density at radius 1 is 0.361 bits per heavy atom. The third kappa shape index (κ3) is 64.8. The average Bonchev–Trinajstić information content (AvgIpc) is 3.46. The van der Waals surface area contributed by atoms with Crippen LogP contribution in [-0.4, -0.2) is 82.3 Å². The second kappa shape index (κ2) is 63.5. The monoisotopic (exact) mass is 1150 g/mol. The third-order valence-corrected chi connectivity index (χ3v) is 13.9. The molecule has 0 aromatic rings. The van der Waals surface area contributed by atoms with Gasteiger partial charge in [0.1, 0.15) is 13.2 Å². The molecule has 0 N–H and O–H groups in total. The van der Waals surface area contributed by atoms with Crippen LogP contribution in [0.1, 0.15) is 258 Å². The van der Waals surface area contributed by atoms with Crippen molar-refractivity contribution in [1.29, 1.82) is 0 Å². The molecule has 0 spiro atoms. The number of likely N-dealkylation sites (N-methyl/N-ethyl adjacent to an activating group) is 1. The molecule has 83 heavy (non-hydrogen) atoms. The van der Waals surface area contributed by atoms with E-state index >= 15 is 0 Å². The number of carboxylic acid groups (broad SMARTS) is 1. The van der Waals surface area contributed by atoms with E-state index in [0.717, 1.165) is 128 Å². The molecule has 0 fully saturated rings. The number of unbranched alkanes of at least 4 members (excludes halogenated alkanes) is 23. The van der Waals surface area contributed by atoms with Crippen LogP contribution >= 0.6 is 0 Å². The van der Waals surface area contributed by atoms with E-state index in [1.54, 1.807) is 0 Å². The van der Waals surface area contributed by atoms with E-state index in [1.165, 1.54) is 96.3 Å². The Kier molecular flexibility index (Phi) is 60.0. The van der Waals surface area contributed by atoms with Crippen LogP contribution in [0.4, 0.5) is 0 Å². The van der Waals surface area contributed by atoms with E-state index in [9.17, 15) is 19.5 Å². The van der Waals surface area contributed by atoms with Crippen molar-refractivity contribution in [3.05, 3.63) is 134 Å². The molecule has 0 amide bonds. The number of hydrogen-bond donors (Lipinski definition) is 0. The lowest BCUT2D eigenvalue weighted by Crippen LogP contribution is -2.44. The maximum absolute atomic E-state index is 12.9. The van der Waals surface area contributed by atoms with Gasteiger partial charge in [0.25, 0.3) is 0 Å². The van der Waals surface area contributed by atoms with Crippen molar-refractivity contribution in [2.45, 2.75) is 270 Å². The number of nitrogens with zero attached hydrogens (tertiary/aromatic N) is 1. The van der Waals surface area contributed by atoms with Crippen LogP contribution in [0.25, 0.3) is 0 Å². The van der Waals surface area contributed by atoms with Gasteiger partial charge in [0.15, 0.2) is 12.4 Å². The summed E-state index contributed by atoms with van der Waals surface area (Å²) in [6.45, 7) is 4.50. The van der Waals surface area contributed by atoms with Crippen LogP contribution in [0.2, 0.25) is 0 Å². The largest absolute Gasteiger partial charge is 0.545 e. The van der Waals surface area contributed by atoms with E-state index in [-0.39, 0.29) is 38.6 Å². The summed E-state index contributed by atoms with van der Waals surface area (Å²) in [6.07, 6.45) is 88.0. The molecule has 2 atom stereocenters. The minimum Gasteiger partial charge on any atom is -0.545 e. The molecule has 9 nitrogen and oxygen atoms in total. The zero-order valence-electron chi connectivity index (χ0n) is 53.8. The molecular formula is C74H123NO8. The number of carbonyl (C=O) groups is 3. The normalized spacial score (nSPS) is 13.6. The average molecular weight is 1150 g/mol. The van der Waals surface area contributed by atoms with Gasteiger partial charge in [0.05, 0.1) is 40.3 Å². The highest BCUT2D eigenvalue weighted by Gasteiger charge is 2.22. The number of allylic oxidation sites excluding steroid dienone is 22. The van der Waals surface area contributed by atoms with Crippen molar-refractivity contribution >= 4 is 17.9 Å². The summed E-state index contributed by atoms with van der Waals surface area (Å²) in [5.74, 6) is -2.31. The van der Waals surface area contributed by atoms with Crippen molar-refractivity contribution in [1.82, 2.24) is 0 Å². The van der Waals surface area contributed by atoms with Gasteiger partial charge in [-0.1, -0.05) is 270 Å². The first-order chi connectivity index (χ1) is 40.6. The van der Waals surface area contributed by atoms with Crippen LogP contribution < -0.4 is 5.11 Å². The minimum atomic E-state index is -1.63. The van der Waals surface area contributed by atoms with Gasteiger partial charge in [-0.2, -0.15) is 0 Å². The van der Waals surface area contributed by atoms with Crippen LogP contribution in [0.3, 0.4) is 0 Å². The smallest absolute Gasteiger partial charge is 0.306 e. The van der Waals surface area contributed by atoms with Gasteiger partial charge in [-0.25, -0.2) is 0 Å². The number of rotatable bonds is 60. The third-order valence-electron chi connectivity index (χ3n) is 13.9. The fourth-order valence-corrected chi connectivity index (χ4v) is 8.86. The van der Waals surface area contributed by atoms with Gasteiger partial charge in [0, 0.05) is 12.8 Å². The quantitative estimate of drug-likeness (QED) is 0.0195. The number of carbonyl (C=O) groups excluding carboxylic acids is 3. The molecule has 0 saturated carbocycles. The lowest BCUT2D eigenvalue weighted by molar-refractivity contribution is -0.870. The summed E-state index contributed by atoms with van der Waals surface area (Å²) in [7, 11) is 5.92. The van der Waals surface area contributed by atoms with Gasteiger partial charge < -0.3 is 33.3 Å². The number of esters is 2. The van der Waals surface area contributed by atoms with Gasteiger partial charge in [-0.3, -0.25) is 9.59 Å². The fourth-order valence-electron chi connectivity index (χ4n) is 8.86. The molecule has 2 unspecified atom stereocenters. The Bertz CT molecular complexity index is 1820. The summed E-state index contributed by atoms with van der Waals surface area (Å²) in [6, 6.07) is 0. The topological polar surface area (TPSA) is 111 Å². The van der Waals surface area contributed by atoms with E-state index in [4.69, 9.17) is 18.9 Å². The summed E-state index contributed by atoms with van der Waals surface area (Å²) in [4.78, 5) is 37.4. The zero-order valence-corrected chi connectivity index (χ0v) is 53.8. The zero-order chi connectivity index (χ0) is 60.5. The van der Waals surface area contributed by atoms with Crippen LogP contribution in [0.15, 0.2) is 134 Å². The highest BCUT2D eigenvalue weighted by molar-refractivity contribution is 5.70. The number of aliphatic carboxylic acids is 1. The first-order valence-electron chi connectivity index (χ1n) is 33.3. The molecule has 472 valence electrons. The summed E-state index contributed by atoms with van der Waals surface area (Å²) < 4.78 is 22.8. The van der Waals surface area contributed by atoms with Crippen molar-refractivity contribution in [3.63, 3.8) is 0 Å². The Labute approximate surface area is 509 Å². The van der Waals surface area contributed by atoms with Crippen LogP contribution in [-0.2, 0) is 33.3 Å². The Morgan fingerprint density at radius 3 is 0.964 bits per heavy atom.